The van der Waals surface area contributed by atoms with Gasteiger partial charge in [-0.15, -0.1) is 0 Å². The van der Waals surface area contributed by atoms with Gasteiger partial charge in [-0.2, -0.15) is 0 Å². The minimum atomic E-state index is -1.24. The molecule has 7 nitrogen and oxygen atoms in total. The number of nitrogens with zero attached hydrogens (tertiary/aromatic N) is 3. The average Bonchev–Trinajstić information content (AvgIpc) is 3.09. The highest BCUT2D eigenvalue weighted by Crippen LogP contribution is 2.32. The number of carbonyl (C=O) groups is 1. The Morgan fingerprint density at radius 2 is 1.90 bits per heavy atom. The number of aryl methyl sites for hydroxylation is 2. The molecule has 3 aromatic rings. The Kier molecular flexibility index (Phi) is 5.88. The summed E-state index contributed by atoms with van der Waals surface area (Å²) in [6, 6.07) is 5.74. The third-order valence-corrected chi connectivity index (χ3v) is 5.88. The van der Waals surface area contributed by atoms with Crippen LogP contribution < -0.4 is 16.0 Å². The van der Waals surface area contributed by atoms with Crippen molar-refractivity contribution >= 4 is 34.6 Å². The van der Waals surface area contributed by atoms with Crippen molar-refractivity contribution in [1.29, 1.82) is 0 Å². The minimum absolute atomic E-state index is 0.209. The molecule has 0 radical (unpaired) electrons. The molecule has 4 rings (SSSR count). The predicted molar refractivity (Wildman–Crippen MR) is 119 cm³/mol. The molecule has 2 heterocycles. The first kappa shape index (κ1) is 21.5. The Labute approximate surface area is 184 Å². The molecule has 1 aliphatic rings. The first-order valence-electron chi connectivity index (χ1n) is 10.2. The maximum atomic E-state index is 14.2. The maximum absolute atomic E-state index is 14.2. The van der Waals surface area contributed by atoms with Gasteiger partial charge in [0, 0.05) is 36.8 Å². The fourth-order valence-electron chi connectivity index (χ4n) is 4.14. The zero-order valence-electron chi connectivity index (χ0n) is 17.5. The lowest BCUT2D eigenvalue weighted by molar-refractivity contribution is -0.138. The van der Waals surface area contributed by atoms with Crippen LogP contribution in [0.3, 0.4) is 0 Å². The molecule has 164 valence electrons. The van der Waals surface area contributed by atoms with Gasteiger partial charge in [-0.25, -0.2) is 9.37 Å². The van der Waals surface area contributed by atoms with Crippen molar-refractivity contribution in [2.75, 3.05) is 31.1 Å². The highest BCUT2D eigenvalue weighted by atomic mass is 35.5. The van der Waals surface area contributed by atoms with E-state index in [1.54, 1.807) is 26.0 Å². The Balaban J connectivity index is 1.91. The second-order valence-electron chi connectivity index (χ2n) is 7.96. The summed E-state index contributed by atoms with van der Waals surface area (Å²) in [6.07, 6.45) is 0. The average molecular weight is 446 g/mol. The number of carboxylic acid groups (broad SMARTS) is 1. The standard InChI is InChI=1S/C22H25ClFN5O2/c1-12-7-14(8-13(2)18(12)24)11-29-17-10-15(23)9-16(19(25)21(30)31)20(17)27-22(29)28-5-3-26-4-6-28/h7-10,19,26H,3-6,11,25H2,1-2H3,(H,30,31). The lowest BCUT2D eigenvalue weighted by Crippen LogP contribution is -2.44. The number of fused-ring (bicyclic) bond motifs is 1. The van der Waals surface area contributed by atoms with E-state index in [2.05, 4.69) is 10.2 Å². The molecule has 31 heavy (non-hydrogen) atoms. The van der Waals surface area contributed by atoms with Crippen molar-refractivity contribution < 1.29 is 14.3 Å². The van der Waals surface area contributed by atoms with E-state index < -0.39 is 12.0 Å². The van der Waals surface area contributed by atoms with E-state index in [0.717, 1.165) is 37.7 Å². The Bertz CT molecular complexity index is 1130. The molecule has 1 fully saturated rings. The summed E-state index contributed by atoms with van der Waals surface area (Å²) < 4.78 is 16.2. The summed E-state index contributed by atoms with van der Waals surface area (Å²) >= 11 is 6.35. The molecule has 1 unspecified atom stereocenters. The molecule has 0 spiro atoms. The fourth-order valence-corrected chi connectivity index (χ4v) is 4.36. The topological polar surface area (TPSA) is 96.4 Å². The SMILES string of the molecule is Cc1cc(Cn2c(N3CCNCC3)nc3c(C(N)C(=O)O)cc(Cl)cc32)cc(C)c1F. The number of aromatic nitrogens is 2. The summed E-state index contributed by atoms with van der Waals surface area (Å²) in [5, 5.41) is 13.2. The molecule has 4 N–H and O–H groups in total. The zero-order valence-corrected chi connectivity index (χ0v) is 18.2. The van der Waals surface area contributed by atoms with Crippen molar-refractivity contribution in [1.82, 2.24) is 14.9 Å². The smallest absolute Gasteiger partial charge is 0.325 e. The number of piperazine rings is 1. The number of aliphatic carboxylic acids is 1. The van der Waals surface area contributed by atoms with Crippen LogP contribution in [-0.4, -0.2) is 46.8 Å². The van der Waals surface area contributed by atoms with E-state index in [1.165, 1.54) is 0 Å². The van der Waals surface area contributed by atoms with E-state index in [1.807, 2.05) is 16.7 Å². The van der Waals surface area contributed by atoms with Crippen LogP contribution >= 0.6 is 11.6 Å². The first-order valence-corrected chi connectivity index (χ1v) is 10.5. The lowest BCUT2D eigenvalue weighted by Gasteiger charge is -2.29. The summed E-state index contributed by atoms with van der Waals surface area (Å²) in [6.45, 7) is 7.10. The first-order chi connectivity index (χ1) is 14.8. The molecular formula is C22H25ClFN5O2. The number of halogens is 2. The van der Waals surface area contributed by atoms with Crippen LogP contribution in [0.15, 0.2) is 24.3 Å². The van der Waals surface area contributed by atoms with Crippen molar-refractivity contribution in [2.24, 2.45) is 5.73 Å². The number of imidazole rings is 1. The number of hydrogen-bond donors (Lipinski definition) is 3. The molecule has 0 amide bonds. The van der Waals surface area contributed by atoms with E-state index in [0.29, 0.717) is 39.3 Å². The number of anilines is 1. The van der Waals surface area contributed by atoms with E-state index >= 15 is 0 Å². The van der Waals surface area contributed by atoms with Gasteiger partial charge >= 0.3 is 5.97 Å². The quantitative estimate of drug-likeness (QED) is 0.558. The molecule has 1 aliphatic heterocycles. The second kappa shape index (κ2) is 8.45. The van der Waals surface area contributed by atoms with Crippen LogP contribution in [-0.2, 0) is 11.3 Å². The highest BCUT2D eigenvalue weighted by Gasteiger charge is 2.25. The fraction of sp³-hybridized carbons (Fsp3) is 0.364. The van der Waals surface area contributed by atoms with Gasteiger partial charge in [0.2, 0.25) is 5.95 Å². The number of rotatable bonds is 5. The summed E-state index contributed by atoms with van der Waals surface area (Å²) in [4.78, 5) is 18.6. The number of benzene rings is 2. The number of hydrogen-bond acceptors (Lipinski definition) is 5. The molecule has 0 saturated carbocycles. The Morgan fingerprint density at radius 1 is 1.26 bits per heavy atom. The van der Waals surface area contributed by atoms with E-state index in [4.69, 9.17) is 22.3 Å². The van der Waals surface area contributed by atoms with Crippen LogP contribution in [0, 0.1) is 19.7 Å². The molecule has 0 aliphatic carbocycles. The molecular weight excluding hydrogens is 421 g/mol. The van der Waals surface area contributed by atoms with Crippen molar-refractivity contribution in [3.63, 3.8) is 0 Å². The van der Waals surface area contributed by atoms with Gasteiger partial charge in [0.25, 0.3) is 0 Å². The molecule has 0 bridgehead atoms. The molecule has 1 atom stereocenters. The van der Waals surface area contributed by atoms with E-state index in [-0.39, 0.29) is 5.82 Å². The number of nitrogens with two attached hydrogens (primary N) is 1. The van der Waals surface area contributed by atoms with Gasteiger partial charge in [0.1, 0.15) is 11.9 Å². The van der Waals surface area contributed by atoms with Crippen molar-refractivity contribution in [3.8, 4) is 0 Å². The maximum Gasteiger partial charge on any atom is 0.325 e. The monoisotopic (exact) mass is 445 g/mol. The van der Waals surface area contributed by atoms with Gasteiger partial charge in [-0.3, -0.25) is 4.79 Å². The molecule has 9 heteroatoms. The summed E-state index contributed by atoms with van der Waals surface area (Å²) in [5.74, 6) is -0.636. The third kappa shape index (κ3) is 4.11. The highest BCUT2D eigenvalue weighted by molar-refractivity contribution is 6.31. The van der Waals surface area contributed by atoms with E-state index in [9.17, 15) is 14.3 Å². The number of carboxylic acids is 1. The minimum Gasteiger partial charge on any atom is -0.480 e. The van der Waals surface area contributed by atoms with Crippen LogP contribution in [0.4, 0.5) is 10.3 Å². The van der Waals surface area contributed by atoms with Gasteiger partial charge in [-0.05, 0) is 42.7 Å². The van der Waals surface area contributed by atoms with Gasteiger partial charge in [0.05, 0.1) is 17.6 Å². The van der Waals surface area contributed by atoms with Gasteiger partial charge < -0.3 is 25.6 Å². The zero-order chi connectivity index (χ0) is 22.3. The second-order valence-corrected chi connectivity index (χ2v) is 8.39. The predicted octanol–water partition coefficient (Wildman–Crippen LogP) is 2.99. The normalized spacial score (nSPS) is 15.5. The molecule has 1 aromatic heterocycles. The van der Waals surface area contributed by atoms with Crippen molar-refractivity contribution in [3.05, 3.63) is 57.4 Å². The molecule has 1 saturated heterocycles. The third-order valence-electron chi connectivity index (χ3n) is 5.67. The van der Waals surface area contributed by atoms with Crippen molar-refractivity contribution in [2.45, 2.75) is 26.4 Å². The van der Waals surface area contributed by atoms with Gasteiger partial charge in [0.15, 0.2) is 0 Å². The number of nitrogens with one attached hydrogen (secondary N) is 1. The van der Waals surface area contributed by atoms with Crippen LogP contribution in [0.5, 0.6) is 0 Å². The van der Waals surface area contributed by atoms with Crippen LogP contribution in [0.1, 0.15) is 28.3 Å². The van der Waals surface area contributed by atoms with Gasteiger partial charge in [-0.1, -0.05) is 23.7 Å². The van der Waals surface area contributed by atoms with Crippen LogP contribution in [0.25, 0.3) is 11.0 Å². The Morgan fingerprint density at radius 3 is 2.52 bits per heavy atom. The lowest BCUT2D eigenvalue weighted by atomic mass is 10.1. The summed E-state index contributed by atoms with van der Waals surface area (Å²) in [7, 11) is 0. The Hall–Kier alpha value is -2.68. The van der Waals surface area contributed by atoms with Crippen LogP contribution in [0.2, 0.25) is 5.02 Å². The largest absolute Gasteiger partial charge is 0.480 e. The summed E-state index contributed by atoms with van der Waals surface area (Å²) in [5.41, 5.74) is 9.62. The molecule has 2 aromatic carbocycles.